The first-order chi connectivity index (χ1) is 29.5. The molecule has 4 aromatic heterocycles. The molecule has 0 saturated carbocycles. The van der Waals surface area contributed by atoms with Crippen molar-refractivity contribution in [1.29, 1.82) is 0 Å². The van der Waals surface area contributed by atoms with Gasteiger partial charge in [-0.1, -0.05) is 90.1 Å². The normalized spacial score (nSPS) is 13.0. The van der Waals surface area contributed by atoms with E-state index in [0.29, 0.717) is 0 Å². The van der Waals surface area contributed by atoms with Crippen LogP contribution in [0.15, 0.2) is 138 Å². The number of hydrogen-bond donors (Lipinski definition) is 0. The maximum absolute atomic E-state index is 6.57. The number of thiophene rings is 4. The highest BCUT2D eigenvalue weighted by atomic mass is 32.1. The highest BCUT2D eigenvalue weighted by Crippen LogP contribution is 2.45. The first kappa shape index (κ1) is 38.4. The molecule has 0 radical (unpaired) electrons. The summed E-state index contributed by atoms with van der Waals surface area (Å²) in [6, 6.07) is 44.4. The van der Waals surface area contributed by atoms with Crippen molar-refractivity contribution in [3.63, 3.8) is 0 Å². The molecule has 12 rings (SSSR count). The van der Waals surface area contributed by atoms with Crippen LogP contribution in [0.3, 0.4) is 0 Å². The van der Waals surface area contributed by atoms with Crippen LogP contribution >= 0.6 is 45.3 Å². The maximum atomic E-state index is 6.57. The van der Waals surface area contributed by atoms with Gasteiger partial charge in [-0.3, -0.25) is 0 Å². The van der Waals surface area contributed by atoms with Crippen LogP contribution in [0.25, 0.3) is 40.3 Å². The van der Waals surface area contributed by atoms with Gasteiger partial charge in [0, 0.05) is 72.2 Å². The molecule has 0 saturated heterocycles. The van der Waals surface area contributed by atoms with Gasteiger partial charge in [-0.05, 0) is 94.8 Å². The minimum Gasteiger partial charge on any atom is -0.457 e. The monoisotopic (exact) mass is 868 g/mol. The van der Waals surface area contributed by atoms with Gasteiger partial charge in [0.25, 0.3) is 6.71 Å². The molecule has 0 bridgehead atoms. The van der Waals surface area contributed by atoms with Crippen molar-refractivity contribution in [2.24, 2.45) is 0 Å². The van der Waals surface area contributed by atoms with E-state index in [2.05, 4.69) is 137 Å². The standard InChI is InChI=1S/C26H19BO2S2.C26H22O2S2/c1-26(2,3)14-11-12-20-16(13-14)23-25(31-20)27-21-17(8-6-9-18(21)29-23)28-22-15-7-4-5-10-19(15)30-24(22)27;1-26(2,3)17-11-12-25-21(13-17)23(16-30-25)28-19-8-6-7-18(14-19)27-22-15-29-24-10-5-4-9-20(22)24/h4-13H,1-3H3;4-16H,1-3H3. The Morgan fingerprint density at radius 2 is 0.951 bits per heavy atom. The van der Waals surface area contributed by atoms with Gasteiger partial charge in [-0.15, -0.1) is 45.3 Å². The smallest absolute Gasteiger partial charge is 0.285 e. The molecule has 2 aliphatic rings. The van der Waals surface area contributed by atoms with Gasteiger partial charge in [0.2, 0.25) is 0 Å². The molecule has 0 atom stereocenters. The van der Waals surface area contributed by atoms with Gasteiger partial charge in [0.1, 0.15) is 46.0 Å². The molecule has 300 valence electrons. The van der Waals surface area contributed by atoms with Crippen LogP contribution in [0.5, 0.6) is 46.0 Å². The molecule has 61 heavy (non-hydrogen) atoms. The predicted octanol–water partition coefficient (Wildman–Crippen LogP) is 15.1. The third-order valence-electron chi connectivity index (χ3n) is 11.5. The molecular weight excluding hydrogens is 828 g/mol. The quantitative estimate of drug-likeness (QED) is 0.165. The lowest BCUT2D eigenvalue weighted by molar-refractivity contribution is 0.467. The van der Waals surface area contributed by atoms with E-state index in [4.69, 9.17) is 18.9 Å². The minimum absolute atomic E-state index is 0.0973. The van der Waals surface area contributed by atoms with Crippen LogP contribution in [0, 0.1) is 0 Å². The molecule has 4 nitrogen and oxygen atoms in total. The summed E-state index contributed by atoms with van der Waals surface area (Å²) in [6.07, 6.45) is 0. The molecule has 0 amide bonds. The largest absolute Gasteiger partial charge is 0.457 e. The molecule has 0 aliphatic carbocycles. The second-order valence-corrected chi connectivity index (χ2v) is 21.7. The Bertz CT molecular complexity index is 3320. The fourth-order valence-corrected chi connectivity index (χ4v) is 12.5. The molecule has 0 fully saturated rings. The fourth-order valence-electron chi connectivity index (χ4n) is 8.22. The van der Waals surface area contributed by atoms with Gasteiger partial charge in [-0.25, -0.2) is 0 Å². The van der Waals surface area contributed by atoms with Crippen molar-refractivity contribution >= 4 is 107 Å². The number of hydrogen-bond acceptors (Lipinski definition) is 8. The fraction of sp³-hybridized carbons (Fsp3) is 0.154. The minimum atomic E-state index is 0.0973. The van der Waals surface area contributed by atoms with Crippen molar-refractivity contribution in [2.75, 3.05) is 0 Å². The number of benzene rings is 6. The molecule has 0 N–H and O–H groups in total. The van der Waals surface area contributed by atoms with Crippen LogP contribution < -0.4 is 34.0 Å². The lowest BCUT2D eigenvalue weighted by atomic mass is 9.40. The Kier molecular flexibility index (Phi) is 9.13. The van der Waals surface area contributed by atoms with E-state index >= 15 is 0 Å². The summed E-state index contributed by atoms with van der Waals surface area (Å²) in [5, 5.41) is 8.84. The molecule has 10 aromatic rings. The van der Waals surface area contributed by atoms with E-state index in [0.717, 1.165) is 62.2 Å². The second kappa shape index (κ2) is 14.5. The topological polar surface area (TPSA) is 36.9 Å². The van der Waals surface area contributed by atoms with Gasteiger partial charge in [0.15, 0.2) is 0 Å². The van der Waals surface area contributed by atoms with Crippen LogP contribution in [0.4, 0.5) is 0 Å². The summed E-state index contributed by atoms with van der Waals surface area (Å²) < 4.78 is 33.1. The van der Waals surface area contributed by atoms with E-state index in [-0.39, 0.29) is 17.5 Å². The van der Waals surface area contributed by atoms with Crippen LogP contribution in [0.1, 0.15) is 52.7 Å². The van der Waals surface area contributed by atoms with Gasteiger partial charge >= 0.3 is 0 Å². The van der Waals surface area contributed by atoms with Crippen molar-refractivity contribution in [2.45, 2.75) is 52.4 Å². The highest BCUT2D eigenvalue weighted by molar-refractivity contribution is 7.40. The Hall–Kier alpha value is -5.58. The lowest BCUT2D eigenvalue weighted by Crippen LogP contribution is -2.55. The number of rotatable bonds is 4. The summed E-state index contributed by atoms with van der Waals surface area (Å²) in [5.41, 5.74) is 4.00. The third kappa shape index (κ3) is 6.79. The van der Waals surface area contributed by atoms with Crippen molar-refractivity contribution in [3.8, 4) is 46.0 Å². The summed E-state index contributed by atoms with van der Waals surface area (Å²) >= 11 is 7.10. The van der Waals surface area contributed by atoms with Gasteiger partial charge in [-0.2, -0.15) is 0 Å². The maximum Gasteiger partial charge on any atom is 0.285 e. The third-order valence-corrected chi connectivity index (χ3v) is 15.8. The molecule has 2 aliphatic heterocycles. The summed E-state index contributed by atoms with van der Waals surface area (Å²) in [7, 11) is 0. The summed E-state index contributed by atoms with van der Waals surface area (Å²) in [6.45, 7) is 13.6. The highest BCUT2D eigenvalue weighted by Gasteiger charge is 2.44. The molecule has 6 aromatic carbocycles. The Morgan fingerprint density at radius 3 is 1.59 bits per heavy atom. The van der Waals surface area contributed by atoms with E-state index in [9.17, 15) is 0 Å². The van der Waals surface area contributed by atoms with E-state index in [1.807, 2.05) is 65.1 Å². The Balaban J connectivity index is 0.000000138. The first-order valence-electron chi connectivity index (χ1n) is 20.5. The van der Waals surface area contributed by atoms with Crippen molar-refractivity contribution in [1.82, 2.24) is 0 Å². The summed E-state index contributed by atoms with van der Waals surface area (Å²) in [4.78, 5) is 0. The SMILES string of the molecule is CC(C)(C)c1ccc2sc3c(c2c1)Oc1cccc2c1B3c1sc3ccccc3c1O2.CC(C)(C)c1ccc2scc(Oc3cccc(Oc4csc5ccccc45)c3)c2c1. The second-order valence-electron chi connectivity index (χ2n) is 17.7. The average Bonchev–Trinajstić information content (AvgIpc) is 4.04. The number of ether oxygens (including phenoxy) is 4. The zero-order valence-electron chi connectivity index (χ0n) is 34.6. The van der Waals surface area contributed by atoms with Crippen molar-refractivity contribution < 1.29 is 18.9 Å². The van der Waals surface area contributed by atoms with Gasteiger partial charge in [0.05, 0.1) is 0 Å². The van der Waals surface area contributed by atoms with Gasteiger partial charge < -0.3 is 18.9 Å². The van der Waals surface area contributed by atoms with E-state index < -0.39 is 0 Å². The van der Waals surface area contributed by atoms with E-state index in [1.165, 1.54) is 50.3 Å². The Labute approximate surface area is 371 Å². The predicted molar refractivity (Wildman–Crippen MR) is 263 cm³/mol. The van der Waals surface area contributed by atoms with Crippen LogP contribution in [-0.2, 0) is 10.8 Å². The number of fused-ring (bicyclic) bond motifs is 10. The van der Waals surface area contributed by atoms with Crippen LogP contribution in [0.2, 0.25) is 0 Å². The molecule has 9 heteroatoms. The van der Waals surface area contributed by atoms with Crippen molar-refractivity contribution in [3.05, 3.63) is 149 Å². The Morgan fingerprint density at radius 1 is 0.459 bits per heavy atom. The molecule has 0 unspecified atom stereocenters. The first-order valence-corrected chi connectivity index (χ1v) is 23.9. The molecular formula is C52H41BO4S4. The summed E-state index contributed by atoms with van der Waals surface area (Å²) in [5.74, 6) is 7.17. The van der Waals surface area contributed by atoms with E-state index in [1.54, 1.807) is 22.7 Å². The molecule has 6 heterocycles. The lowest BCUT2D eigenvalue weighted by Gasteiger charge is -2.29. The zero-order valence-corrected chi connectivity index (χ0v) is 37.9. The zero-order chi connectivity index (χ0) is 41.6. The molecule has 0 spiro atoms. The average molecular weight is 869 g/mol. The van der Waals surface area contributed by atoms with Crippen LogP contribution in [-0.4, -0.2) is 6.71 Å².